The molecule has 0 spiro atoms. The summed E-state index contributed by atoms with van der Waals surface area (Å²) in [5.41, 5.74) is 0.716. The zero-order valence-corrected chi connectivity index (χ0v) is 18.8. The summed E-state index contributed by atoms with van der Waals surface area (Å²) < 4.78 is 2.95. The minimum Gasteiger partial charge on any atom is -0.342 e. The molecule has 1 aliphatic heterocycles. The number of fused-ring (bicyclic) bond motifs is 1. The lowest BCUT2D eigenvalue weighted by atomic mass is 10.1. The van der Waals surface area contributed by atoms with Crippen LogP contribution in [0.1, 0.15) is 32.6 Å². The average Bonchev–Trinajstić information content (AvgIpc) is 3.31. The third-order valence-electron chi connectivity index (χ3n) is 4.60. The van der Waals surface area contributed by atoms with Gasteiger partial charge in [-0.3, -0.25) is 4.79 Å². The lowest BCUT2D eigenvalue weighted by Gasteiger charge is -2.29. The van der Waals surface area contributed by atoms with Crippen LogP contribution >= 0.6 is 45.7 Å². The molecule has 0 saturated carbocycles. The number of hydrogen-bond acceptors (Lipinski definition) is 6. The van der Waals surface area contributed by atoms with E-state index in [2.05, 4.69) is 51.2 Å². The molecule has 3 aromatic rings. The van der Waals surface area contributed by atoms with E-state index in [0.717, 1.165) is 48.1 Å². The van der Waals surface area contributed by atoms with Crippen LogP contribution in [0.5, 0.6) is 0 Å². The van der Waals surface area contributed by atoms with E-state index in [1.807, 2.05) is 17.0 Å². The number of aromatic nitrogens is 4. The Labute approximate surface area is 179 Å². The van der Waals surface area contributed by atoms with Crippen molar-refractivity contribution in [3.8, 4) is 10.7 Å². The highest BCUT2D eigenvalue weighted by Crippen LogP contribution is 2.29. The molecule has 1 aliphatic rings. The summed E-state index contributed by atoms with van der Waals surface area (Å²) in [5.74, 6) is 0.983. The van der Waals surface area contributed by atoms with Gasteiger partial charge in [0.25, 0.3) is 0 Å². The van der Waals surface area contributed by atoms with E-state index in [9.17, 15) is 4.79 Å². The molecule has 142 valence electrons. The van der Waals surface area contributed by atoms with Gasteiger partial charge in [-0.05, 0) is 66.5 Å². The summed E-state index contributed by atoms with van der Waals surface area (Å²) in [6.07, 6.45) is 4.24. The molecule has 1 atom stereocenters. The summed E-state index contributed by atoms with van der Waals surface area (Å²) in [6, 6.07) is 5.93. The lowest BCUT2D eigenvalue weighted by molar-refractivity contribution is -0.131. The topological polar surface area (TPSA) is 63.4 Å². The average molecular weight is 513 g/mol. The Morgan fingerprint density at radius 1 is 1.30 bits per heavy atom. The normalized spacial score (nSPS) is 16.0. The highest BCUT2D eigenvalue weighted by atomic mass is 127. The molecular weight excluding hydrogens is 493 g/mol. The molecule has 4 rings (SSSR count). The number of piperidine rings is 1. The Kier molecular flexibility index (Phi) is 5.98. The standard InChI is InChI=1S/C18H20IN5OS2/c1-2-13(18(25)23-8-4-3-5-9-23)27-16-7-6-15-20-21-17(24(15)22-16)14-10-12(19)11-26-14/h6-7,10-11,13H,2-5,8-9H2,1H3/t13-/m1/s1. The van der Waals surface area contributed by atoms with Gasteiger partial charge in [-0.2, -0.15) is 9.61 Å². The Balaban J connectivity index is 1.58. The Morgan fingerprint density at radius 3 is 2.81 bits per heavy atom. The summed E-state index contributed by atoms with van der Waals surface area (Å²) in [5, 5.41) is 16.1. The molecule has 3 aromatic heterocycles. The van der Waals surface area contributed by atoms with Crippen LogP contribution in [0, 0.1) is 3.57 Å². The maximum absolute atomic E-state index is 12.9. The molecule has 9 heteroatoms. The second-order valence-corrected chi connectivity index (χ2v) is 9.87. The van der Waals surface area contributed by atoms with E-state index in [1.54, 1.807) is 27.6 Å². The molecule has 6 nitrogen and oxygen atoms in total. The van der Waals surface area contributed by atoms with Crippen LogP contribution in [0.15, 0.2) is 28.6 Å². The zero-order chi connectivity index (χ0) is 18.8. The van der Waals surface area contributed by atoms with E-state index in [-0.39, 0.29) is 11.2 Å². The van der Waals surface area contributed by atoms with Gasteiger partial charge in [0, 0.05) is 22.0 Å². The van der Waals surface area contributed by atoms with Gasteiger partial charge in [0.1, 0.15) is 5.03 Å². The minimum absolute atomic E-state index is 0.101. The third-order valence-corrected chi connectivity index (χ3v) is 7.85. The van der Waals surface area contributed by atoms with Gasteiger partial charge in [0.2, 0.25) is 5.91 Å². The van der Waals surface area contributed by atoms with Crippen LogP contribution in [0.4, 0.5) is 0 Å². The lowest BCUT2D eigenvalue weighted by Crippen LogP contribution is -2.40. The summed E-state index contributed by atoms with van der Waals surface area (Å²) >= 11 is 5.46. The third kappa shape index (κ3) is 4.14. The molecule has 0 N–H and O–H groups in total. The van der Waals surface area contributed by atoms with E-state index in [1.165, 1.54) is 9.99 Å². The van der Waals surface area contributed by atoms with Crippen molar-refractivity contribution in [2.75, 3.05) is 13.1 Å². The number of carbonyl (C=O) groups excluding carboxylic acids is 1. The van der Waals surface area contributed by atoms with Crippen molar-refractivity contribution in [2.24, 2.45) is 0 Å². The SMILES string of the molecule is CC[C@@H](Sc1ccc2nnc(-c3cc(I)cs3)n2n1)C(=O)N1CCCCC1. The number of carbonyl (C=O) groups is 1. The number of rotatable bonds is 5. The molecule has 1 saturated heterocycles. The minimum atomic E-state index is -0.101. The summed E-state index contributed by atoms with van der Waals surface area (Å²) in [7, 11) is 0. The summed E-state index contributed by atoms with van der Waals surface area (Å²) in [6.45, 7) is 3.83. The first kappa shape index (κ1) is 19.1. The van der Waals surface area contributed by atoms with Crippen molar-refractivity contribution in [3.05, 3.63) is 27.1 Å². The van der Waals surface area contributed by atoms with Gasteiger partial charge in [0.05, 0.1) is 10.1 Å². The van der Waals surface area contributed by atoms with Gasteiger partial charge in [-0.15, -0.1) is 21.5 Å². The zero-order valence-electron chi connectivity index (χ0n) is 15.0. The molecule has 0 aliphatic carbocycles. The van der Waals surface area contributed by atoms with Crippen LogP contribution in [0.25, 0.3) is 16.3 Å². The van der Waals surface area contributed by atoms with Crippen molar-refractivity contribution in [2.45, 2.75) is 42.9 Å². The molecule has 4 heterocycles. The van der Waals surface area contributed by atoms with E-state index in [4.69, 9.17) is 5.10 Å². The van der Waals surface area contributed by atoms with Crippen LogP contribution in [-0.4, -0.2) is 49.0 Å². The highest BCUT2D eigenvalue weighted by Gasteiger charge is 2.26. The number of amides is 1. The number of thioether (sulfide) groups is 1. The van der Waals surface area contributed by atoms with Gasteiger partial charge in [-0.1, -0.05) is 18.7 Å². The maximum Gasteiger partial charge on any atom is 0.236 e. The molecule has 0 aromatic carbocycles. The van der Waals surface area contributed by atoms with Crippen LogP contribution in [0.2, 0.25) is 0 Å². The predicted octanol–water partition coefficient (Wildman–Crippen LogP) is 4.34. The van der Waals surface area contributed by atoms with Crippen molar-refractivity contribution in [3.63, 3.8) is 0 Å². The molecule has 0 unspecified atom stereocenters. The Bertz CT molecular complexity index is 950. The first-order chi connectivity index (χ1) is 13.2. The fourth-order valence-electron chi connectivity index (χ4n) is 3.19. The van der Waals surface area contributed by atoms with Crippen molar-refractivity contribution in [1.29, 1.82) is 0 Å². The van der Waals surface area contributed by atoms with E-state index >= 15 is 0 Å². The van der Waals surface area contributed by atoms with Gasteiger partial charge in [-0.25, -0.2) is 0 Å². The quantitative estimate of drug-likeness (QED) is 0.375. The predicted molar refractivity (Wildman–Crippen MR) is 117 cm³/mol. The van der Waals surface area contributed by atoms with Crippen molar-refractivity contribution < 1.29 is 4.79 Å². The van der Waals surface area contributed by atoms with Crippen molar-refractivity contribution in [1.82, 2.24) is 24.7 Å². The monoisotopic (exact) mass is 513 g/mol. The molecule has 0 radical (unpaired) electrons. The second kappa shape index (κ2) is 8.44. The largest absolute Gasteiger partial charge is 0.342 e. The highest BCUT2D eigenvalue weighted by molar-refractivity contribution is 14.1. The number of hydrogen-bond donors (Lipinski definition) is 0. The molecule has 27 heavy (non-hydrogen) atoms. The number of halogens is 1. The van der Waals surface area contributed by atoms with E-state index in [0.29, 0.717) is 5.65 Å². The van der Waals surface area contributed by atoms with Crippen molar-refractivity contribution >= 4 is 57.2 Å². The first-order valence-corrected chi connectivity index (χ1v) is 11.9. The Morgan fingerprint density at radius 2 is 2.11 bits per heavy atom. The molecular formula is C18H20IN5OS2. The van der Waals surface area contributed by atoms with Gasteiger partial charge in [0.15, 0.2) is 11.5 Å². The Hall–Kier alpha value is -1.20. The molecule has 1 amide bonds. The molecule has 1 fully saturated rings. The maximum atomic E-state index is 12.9. The fraction of sp³-hybridized carbons (Fsp3) is 0.444. The fourth-order valence-corrected chi connectivity index (χ4v) is 5.81. The molecule has 0 bridgehead atoms. The number of thiophene rings is 1. The van der Waals surface area contributed by atoms with Gasteiger partial charge >= 0.3 is 0 Å². The number of nitrogens with zero attached hydrogens (tertiary/aromatic N) is 5. The smallest absolute Gasteiger partial charge is 0.236 e. The number of likely N-dealkylation sites (tertiary alicyclic amines) is 1. The van der Waals surface area contributed by atoms with E-state index < -0.39 is 0 Å². The van der Waals surface area contributed by atoms with Gasteiger partial charge < -0.3 is 4.90 Å². The van der Waals surface area contributed by atoms with Crippen LogP contribution in [-0.2, 0) is 4.79 Å². The summed E-state index contributed by atoms with van der Waals surface area (Å²) in [4.78, 5) is 15.9. The first-order valence-electron chi connectivity index (χ1n) is 9.08. The second-order valence-electron chi connectivity index (χ2n) is 6.50. The van der Waals surface area contributed by atoms with Crippen LogP contribution < -0.4 is 0 Å². The van der Waals surface area contributed by atoms with Crippen LogP contribution in [0.3, 0.4) is 0 Å².